The van der Waals surface area contributed by atoms with Gasteiger partial charge in [0, 0.05) is 37.8 Å². The fourth-order valence-corrected chi connectivity index (χ4v) is 3.50. The number of hydrogen-bond donors (Lipinski definition) is 2. The average Bonchev–Trinajstić information content (AvgIpc) is 3.37. The van der Waals surface area contributed by atoms with Gasteiger partial charge in [0.1, 0.15) is 18.5 Å². The van der Waals surface area contributed by atoms with E-state index in [0.29, 0.717) is 18.1 Å². The minimum Gasteiger partial charge on any atom is -0.463 e. The summed E-state index contributed by atoms with van der Waals surface area (Å²) in [6, 6.07) is 1.45. The van der Waals surface area contributed by atoms with Gasteiger partial charge in [0.25, 0.3) is 0 Å². The van der Waals surface area contributed by atoms with Crippen molar-refractivity contribution in [3.8, 4) is 0 Å². The molecule has 0 spiro atoms. The number of ether oxygens (including phenoxy) is 1. The predicted octanol–water partition coefficient (Wildman–Crippen LogP) is -0.961. The van der Waals surface area contributed by atoms with Crippen molar-refractivity contribution in [2.24, 2.45) is 0 Å². The van der Waals surface area contributed by atoms with E-state index < -0.39 is 12.7 Å². The first-order valence-corrected chi connectivity index (χ1v) is 8.15. The van der Waals surface area contributed by atoms with Gasteiger partial charge < -0.3 is 14.9 Å². The molecule has 7 atom stereocenters. The molecule has 0 aromatic carbocycles. The normalized spacial score (nSPS) is 43.1. The first-order chi connectivity index (χ1) is 10.4. The fourth-order valence-electron chi connectivity index (χ4n) is 3.50. The van der Waals surface area contributed by atoms with Crippen LogP contribution in [0.2, 0.25) is 0 Å². The first kappa shape index (κ1) is 16.1. The molecule has 0 bridgehead atoms. The lowest BCUT2D eigenvalue weighted by atomic mass is 10.2. The topological polar surface area (TPSA) is 75.8 Å². The third-order valence-electron chi connectivity index (χ3n) is 4.99. The highest BCUT2D eigenvalue weighted by molar-refractivity contribution is 5.71. The lowest BCUT2D eigenvalue weighted by molar-refractivity contribution is -0.156. The van der Waals surface area contributed by atoms with Crippen LogP contribution in [0.3, 0.4) is 0 Å². The van der Waals surface area contributed by atoms with Crippen molar-refractivity contribution in [1.29, 1.82) is 0 Å². The van der Waals surface area contributed by atoms with Gasteiger partial charge in [-0.25, -0.2) is 0 Å². The lowest BCUT2D eigenvalue weighted by Crippen LogP contribution is -2.56. The van der Waals surface area contributed by atoms with Crippen molar-refractivity contribution < 1.29 is 19.7 Å². The van der Waals surface area contributed by atoms with E-state index in [9.17, 15) is 9.90 Å². The van der Waals surface area contributed by atoms with Crippen LogP contribution in [0, 0.1) is 0 Å². The van der Waals surface area contributed by atoms with Crippen molar-refractivity contribution in [3.05, 3.63) is 0 Å². The van der Waals surface area contributed by atoms with Gasteiger partial charge in [-0.2, -0.15) is 0 Å². The molecule has 3 fully saturated rings. The van der Waals surface area contributed by atoms with Gasteiger partial charge >= 0.3 is 5.97 Å². The number of carbonyl (C=O) groups is 1. The Kier molecular flexibility index (Phi) is 4.20. The molecule has 126 valence electrons. The van der Waals surface area contributed by atoms with Crippen LogP contribution < -0.4 is 0 Å². The molecule has 0 aromatic heterocycles. The Bertz CT molecular complexity index is 406. The van der Waals surface area contributed by atoms with E-state index in [2.05, 4.69) is 35.5 Å². The van der Waals surface area contributed by atoms with Crippen LogP contribution in [0.5, 0.6) is 0 Å². The van der Waals surface area contributed by atoms with E-state index in [1.807, 2.05) is 0 Å². The minimum absolute atomic E-state index is 0.147. The molecule has 0 radical (unpaired) electrons. The highest BCUT2D eigenvalue weighted by Crippen LogP contribution is 2.48. The maximum atomic E-state index is 12.3. The molecule has 7 unspecified atom stereocenters. The molecule has 3 heterocycles. The predicted molar refractivity (Wildman–Crippen MR) is 79.9 cm³/mol. The number of rotatable bonds is 8. The molecule has 7 heteroatoms. The SMILES string of the molecule is CC1CN1C(CC(=O)OCC(O)CO)(N1CC1C)N1CC1C. The number of esters is 1. The summed E-state index contributed by atoms with van der Waals surface area (Å²) in [5.41, 5.74) is 0. The van der Waals surface area contributed by atoms with E-state index >= 15 is 0 Å². The zero-order chi connectivity index (χ0) is 16.1. The van der Waals surface area contributed by atoms with Crippen LogP contribution in [0.4, 0.5) is 0 Å². The fraction of sp³-hybridized carbons (Fsp3) is 0.933. The van der Waals surface area contributed by atoms with Gasteiger partial charge in [0.15, 0.2) is 0 Å². The molecule has 0 saturated carbocycles. The quantitative estimate of drug-likeness (QED) is 0.441. The van der Waals surface area contributed by atoms with E-state index in [1.54, 1.807) is 0 Å². The Morgan fingerprint density at radius 1 is 1.14 bits per heavy atom. The highest BCUT2D eigenvalue weighted by atomic mass is 16.5. The summed E-state index contributed by atoms with van der Waals surface area (Å²) < 4.78 is 5.16. The zero-order valence-corrected chi connectivity index (χ0v) is 13.6. The summed E-state index contributed by atoms with van der Waals surface area (Å²) >= 11 is 0. The molecular formula is C15H27N3O4. The van der Waals surface area contributed by atoms with Crippen LogP contribution in [0.25, 0.3) is 0 Å². The van der Waals surface area contributed by atoms with Crippen LogP contribution in [-0.2, 0) is 9.53 Å². The Hall–Kier alpha value is -0.730. The van der Waals surface area contributed by atoms with E-state index in [-0.39, 0.29) is 24.8 Å². The van der Waals surface area contributed by atoms with Crippen LogP contribution in [0.1, 0.15) is 27.2 Å². The molecule has 0 aromatic rings. The maximum absolute atomic E-state index is 12.3. The maximum Gasteiger partial charge on any atom is 0.310 e. The Morgan fingerprint density at radius 3 is 1.86 bits per heavy atom. The van der Waals surface area contributed by atoms with Gasteiger partial charge in [-0.05, 0) is 20.8 Å². The summed E-state index contributed by atoms with van der Waals surface area (Å²) in [7, 11) is 0. The summed E-state index contributed by atoms with van der Waals surface area (Å²) in [6.07, 6.45) is -0.719. The summed E-state index contributed by atoms with van der Waals surface area (Å²) in [4.78, 5) is 19.4. The molecule has 0 amide bonds. The summed E-state index contributed by atoms with van der Waals surface area (Å²) in [5, 5.41) is 18.2. The number of hydrogen-bond acceptors (Lipinski definition) is 7. The van der Waals surface area contributed by atoms with Crippen LogP contribution in [0.15, 0.2) is 0 Å². The molecule has 3 aliphatic rings. The molecule has 2 N–H and O–H groups in total. The Morgan fingerprint density at radius 2 is 1.55 bits per heavy atom. The summed E-state index contributed by atoms with van der Waals surface area (Å²) in [5.74, 6) is -0.677. The van der Waals surface area contributed by atoms with E-state index in [0.717, 1.165) is 19.6 Å². The number of aliphatic hydroxyl groups is 2. The van der Waals surface area contributed by atoms with Gasteiger partial charge in [0.2, 0.25) is 0 Å². The van der Waals surface area contributed by atoms with Crippen LogP contribution >= 0.6 is 0 Å². The standard InChI is InChI=1S/C15H27N3O4/c1-10-5-16(10)15(17-6-11(17)2,18-7-12(18)3)4-14(21)22-9-13(20)8-19/h10-13,19-20H,4-9H2,1-3H3. The molecule has 22 heavy (non-hydrogen) atoms. The molecule has 7 nitrogen and oxygen atoms in total. The first-order valence-electron chi connectivity index (χ1n) is 8.15. The van der Waals surface area contributed by atoms with Crippen molar-refractivity contribution in [2.45, 2.75) is 57.2 Å². The Labute approximate surface area is 131 Å². The average molecular weight is 313 g/mol. The van der Waals surface area contributed by atoms with Gasteiger partial charge in [-0.1, -0.05) is 0 Å². The molecule has 0 aliphatic carbocycles. The van der Waals surface area contributed by atoms with E-state index in [1.165, 1.54) is 0 Å². The Balaban J connectivity index is 1.70. The minimum atomic E-state index is -1.00. The molecule has 3 saturated heterocycles. The van der Waals surface area contributed by atoms with Crippen molar-refractivity contribution in [1.82, 2.24) is 14.7 Å². The van der Waals surface area contributed by atoms with Gasteiger partial charge in [-0.15, -0.1) is 0 Å². The lowest BCUT2D eigenvalue weighted by Gasteiger charge is -2.39. The number of nitrogens with zero attached hydrogens (tertiary/aromatic N) is 3. The third kappa shape index (κ3) is 2.88. The molecule has 3 aliphatic heterocycles. The monoisotopic (exact) mass is 313 g/mol. The van der Waals surface area contributed by atoms with Crippen molar-refractivity contribution in [2.75, 3.05) is 32.8 Å². The highest BCUT2D eigenvalue weighted by Gasteiger charge is 2.65. The number of aliphatic hydroxyl groups excluding tert-OH is 2. The smallest absolute Gasteiger partial charge is 0.310 e. The van der Waals surface area contributed by atoms with Gasteiger partial charge in [-0.3, -0.25) is 19.5 Å². The van der Waals surface area contributed by atoms with Crippen molar-refractivity contribution in [3.63, 3.8) is 0 Å². The largest absolute Gasteiger partial charge is 0.463 e. The zero-order valence-electron chi connectivity index (χ0n) is 13.6. The summed E-state index contributed by atoms with van der Waals surface area (Å²) in [6.45, 7) is 8.99. The third-order valence-corrected chi connectivity index (χ3v) is 4.99. The number of carbonyl (C=O) groups excluding carboxylic acids is 1. The second kappa shape index (κ2) is 5.72. The molecular weight excluding hydrogens is 286 g/mol. The second-order valence-corrected chi connectivity index (χ2v) is 6.97. The van der Waals surface area contributed by atoms with Crippen molar-refractivity contribution >= 4 is 5.97 Å². The van der Waals surface area contributed by atoms with E-state index in [4.69, 9.17) is 9.84 Å². The molecule has 3 rings (SSSR count). The van der Waals surface area contributed by atoms with Crippen LogP contribution in [-0.4, -0.2) is 93.7 Å². The second-order valence-electron chi connectivity index (χ2n) is 6.97. The van der Waals surface area contributed by atoms with Gasteiger partial charge in [0.05, 0.1) is 13.0 Å².